The SMILES string of the molecule is Cc1ccc(S(=O)(=O)N2CCCC(C(=O)Nc3ccccc3C(=O)N3CCCC3)C2)cc1. The van der Waals surface area contributed by atoms with Gasteiger partial charge in [-0.15, -0.1) is 0 Å². The van der Waals surface area contributed by atoms with Crippen molar-refractivity contribution >= 4 is 27.5 Å². The third-order valence-electron chi connectivity index (χ3n) is 6.22. The molecule has 2 amide bonds. The number of nitrogens with zero attached hydrogens (tertiary/aromatic N) is 2. The van der Waals surface area contributed by atoms with Gasteiger partial charge in [-0.1, -0.05) is 29.8 Å². The normalized spacial score (nSPS) is 19.7. The average Bonchev–Trinajstić information content (AvgIpc) is 3.34. The number of anilines is 1. The first-order chi connectivity index (χ1) is 15.4. The molecule has 0 bridgehead atoms. The lowest BCUT2D eigenvalue weighted by Crippen LogP contribution is -2.43. The molecule has 2 aromatic carbocycles. The first-order valence-corrected chi connectivity index (χ1v) is 12.6. The van der Waals surface area contributed by atoms with Crippen molar-refractivity contribution in [2.24, 2.45) is 5.92 Å². The second kappa shape index (κ2) is 9.42. The van der Waals surface area contributed by atoms with Crippen molar-refractivity contribution in [3.05, 3.63) is 59.7 Å². The number of carbonyl (C=O) groups excluding carboxylic acids is 2. The van der Waals surface area contributed by atoms with E-state index in [4.69, 9.17) is 0 Å². The van der Waals surface area contributed by atoms with Crippen molar-refractivity contribution in [1.82, 2.24) is 9.21 Å². The van der Waals surface area contributed by atoms with E-state index in [1.165, 1.54) is 4.31 Å². The topological polar surface area (TPSA) is 86.8 Å². The summed E-state index contributed by atoms with van der Waals surface area (Å²) in [4.78, 5) is 28.0. The van der Waals surface area contributed by atoms with Gasteiger partial charge in [-0.25, -0.2) is 8.42 Å². The lowest BCUT2D eigenvalue weighted by atomic mass is 9.98. The van der Waals surface area contributed by atoms with E-state index in [0.29, 0.717) is 30.6 Å². The highest BCUT2D eigenvalue weighted by Gasteiger charge is 2.34. The summed E-state index contributed by atoms with van der Waals surface area (Å²) in [7, 11) is -3.66. The first kappa shape index (κ1) is 22.5. The van der Waals surface area contributed by atoms with Crippen LogP contribution >= 0.6 is 0 Å². The highest BCUT2D eigenvalue weighted by atomic mass is 32.2. The summed E-state index contributed by atoms with van der Waals surface area (Å²) in [5.41, 5.74) is 1.94. The van der Waals surface area contributed by atoms with Crippen LogP contribution in [0.3, 0.4) is 0 Å². The van der Waals surface area contributed by atoms with Crippen molar-refractivity contribution in [3.63, 3.8) is 0 Å². The van der Waals surface area contributed by atoms with E-state index in [1.807, 2.05) is 11.8 Å². The third-order valence-corrected chi connectivity index (χ3v) is 8.10. The van der Waals surface area contributed by atoms with E-state index in [9.17, 15) is 18.0 Å². The van der Waals surface area contributed by atoms with Crippen LogP contribution in [0, 0.1) is 12.8 Å². The molecule has 1 N–H and O–H groups in total. The Morgan fingerprint density at radius 3 is 2.34 bits per heavy atom. The monoisotopic (exact) mass is 455 g/mol. The zero-order chi connectivity index (χ0) is 22.7. The molecule has 1 unspecified atom stereocenters. The van der Waals surface area contributed by atoms with Gasteiger partial charge in [0.05, 0.1) is 22.1 Å². The summed E-state index contributed by atoms with van der Waals surface area (Å²) in [5.74, 6) is -0.806. The Hall–Kier alpha value is -2.71. The number of sulfonamides is 1. The van der Waals surface area contributed by atoms with Crippen molar-refractivity contribution < 1.29 is 18.0 Å². The van der Waals surface area contributed by atoms with E-state index in [1.54, 1.807) is 48.5 Å². The van der Waals surface area contributed by atoms with Gasteiger partial charge in [-0.3, -0.25) is 9.59 Å². The number of likely N-dealkylation sites (tertiary alicyclic amines) is 1. The van der Waals surface area contributed by atoms with Crippen molar-refractivity contribution in [2.45, 2.75) is 37.5 Å². The zero-order valence-corrected chi connectivity index (χ0v) is 19.1. The molecule has 32 heavy (non-hydrogen) atoms. The summed E-state index contributed by atoms with van der Waals surface area (Å²) in [6, 6.07) is 13.8. The fourth-order valence-electron chi connectivity index (χ4n) is 4.34. The lowest BCUT2D eigenvalue weighted by molar-refractivity contribution is -0.120. The summed E-state index contributed by atoms with van der Waals surface area (Å²) >= 11 is 0. The van der Waals surface area contributed by atoms with E-state index in [0.717, 1.165) is 31.5 Å². The van der Waals surface area contributed by atoms with Crippen LogP contribution in [0.2, 0.25) is 0 Å². The highest BCUT2D eigenvalue weighted by Crippen LogP contribution is 2.26. The molecular formula is C24H29N3O4S. The molecule has 2 aliphatic rings. The predicted octanol–water partition coefficient (Wildman–Crippen LogP) is 3.27. The molecule has 1 atom stereocenters. The molecule has 170 valence electrons. The van der Waals surface area contributed by atoms with E-state index >= 15 is 0 Å². The summed E-state index contributed by atoms with van der Waals surface area (Å²) < 4.78 is 27.5. The average molecular weight is 456 g/mol. The van der Waals surface area contributed by atoms with Crippen LogP contribution in [0.1, 0.15) is 41.6 Å². The van der Waals surface area contributed by atoms with Gasteiger partial charge in [0.1, 0.15) is 0 Å². The van der Waals surface area contributed by atoms with E-state index in [2.05, 4.69) is 5.32 Å². The molecule has 7 nitrogen and oxygen atoms in total. The first-order valence-electron chi connectivity index (χ1n) is 11.1. The molecule has 2 saturated heterocycles. The van der Waals surface area contributed by atoms with Crippen molar-refractivity contribution in [2.75, 3.05) is 31.5 Å². The molecule has 4 rings (SSSR count). The number of carbonyl (C=O) groups is 2. The molecule has 8 heteroatoms. The number of aryl methyl sites for hydroxylation is 1. The molecule has 0 radical (unpaired) electrons. The highest BCUT2D eigenvalue weighted by molar-refractivity contribution is 7.89. The molecule has 2 heterocycles. The maximum absolute atomic E-state index is 13.1. The minimum Gasteiger partial charge on any atom is -0.339 e. The Bertz CT molecular complexity index is 1090. The van der Waals surface area contributed by atoms with Crippen LogP contribution in [0.25, 0.3) is 0 Å². The predicted molar refractivity (Wildman–Crippen MR) is 123 cm³/mol. The Kier molecular flexibility index (Phi) is 6.62. The maximum atomic E-state index is 13.1. The lowest BCUT2D eigenvalue weighted by Gasteiger charge is -2.31. The Morgan fingerprint density at radius 2 is 1.62 bits per heavy atom. The quantitative estimate of drug-likeness (QED) is 0.750. The number of para-hydroxylation sites is 1. The number of hydrogen-bond acceptors (Lipinski definition) is 4. The van der Waals surface area contributed by atoms with Crippen LogP contribution in [-0.4, -0.2) is 55.6 Å². The maximum Gasteiger partial charge on any atom is 0.255 e. The van der Waals surface area contributed by atoms with Gasteiger partial charge in [0, 0.05) is 26.2 Å². The van der Waals surface area contributed by atoms with Crippen LogP contribution in [0.15, 0.2) is 53.4 Å². The summed E-state index contributed by atoms with van der Waals surface area (Å²) in [6.07, 6.45) is 3.20. The smallest absolute Gasteiger partial charge is 0.255 e. The second-order valence-electron chi connectivity index (χ2n) is 8.55. The van der Waals surface area contributed by atoms with Gasteiger partial charge in [0.2, 0.25) is 15.9 Å². The minimum atomic E-state index is -3.66. The van der Waals surface area contributed by atoms with Gasteiger partial charge >= 0.3 is 0 Å². The number of rotatable bonds is 5. The van der Waals surface area contributed by atoms with Crippen LogP contribution in [0.5, 0.6) is 0 Å². The van der Waals surface area contributed by atoms with Crippen molar-refractivity contribution in [1.29, 1.82) is 0 Å². The molecule has 0 aliphatic carbocycles. The molecule has 2 aromatic rings. The molecule has 0 aromatic heterocycles. The summed E-state index contributed by atoms with van der Waals surface area (Å²) in [5, 5.41) is 2.90. The van der Waals surface area contributed by atoms with Crippen molar-refractivity contribution in [3.8, 4) is 0 Å². The minimum absolute atomic E-state index is 0.0781. The van der Waals surface area contributed by atoms with Gasteiger partial charge < -0.3 is 10.2 Å². The third kappa shape index (κ3) is 4.71. The molecule has 0 saturated carbocycles. The van der Waals surface area contributed by atoms with Crippen LogP contribution < -0.4 is 5.32 Å². The van der Waals surface area contributed by atoms with E-state index < -0.39 is 15.9 Å². The fraction of sp³-hybridized carbons (Fsp3) is 0.417. The number of piperidine rings is 1. The van der Waals surface area contributed by atoms with Gasteiger partial charge in [0.15, 0.2) is 0 Å². The van der Waals surface area contributed by atoms with Crippen LogP contribution in [0.4, 0.5) is 5.69 Å². The molecule has 0 spiro atoms. The number of hydrogen-bond donors (Lipinski definition) is 1. The molecular weight excluding hydrogens is 426 g/mol. The molecule has 2 fully saturated rings. The number of benzene rings is 2. The largest absolute Gasteiger partial charge is 0.339 e. The second-order valence-corrected chi connectivity index (χ2v) is 10.5. The van der Waals surface area contributed by atoms with Gasteiger partial charge in [0.25, 0.3) is 5.91 Å². The Labute approximate surface area is 189 Å². The number of amides is 2. The zero-order valence-electron chi connectivity index (χ0n) is 18.3. The fourth-order valence-corrected chi connectivity index (χ4v) is 5.86. The van der Waals surface area contributed by atoms with Gasteiger partial charge in [-0.2, -0.15) is 4.31 Å². The number of nitrogens with one attached hydrogen (secondary N) is 1. The standard InChI is InChI=1S/C24H29N3O4S/c1-18-10-12-20(13-11-18)32(30,31)27-16-6-7-19(17-27)23(28)25-22-9-3-2-8-21(22)24(29)26-14-4-5-15-26/h2-3,8-13,19H,4-7,14-17H2,1H3,(H,25,28). The Morgan fingerprint density at radius 1 is 0.938 bits per heavy atom. The molecule has 2 aliphatic heterocycles. The van der Waals surface area contributed by atoms with E-state index in [-0.39, 0.29) is 23.3 Å². The van der Waals surface area contributed by atoms with Crippen LogP contribution in [-0.2, 0) is 14.8 Å². The Balaban J connectivity index is 1.47. The summed E-state index contributed by atoms with van der Waals surface area (Å²) in [6.45, 7) is 3.89. The van der Waals surface area contributed by atoms with Gasteiger partial charge in [-0.05, 0) is 56.9 Å².